The summed E-state index contributed by atoms with van der Waals surface area (Å²) in [6.45, 7) is 3.08. The fraction of sp³-hybridized carbons (Fsp3) is 0.308. The zero-order valence-corrected chi connectivity index (χ0v) is 10.8. The Morgan fingerprint density at radius 2 is 2.29 bits per heavy atom. The lowest BCUT2D eigenvalue weighted by molar-refractivity contribution is 1.10. The third-order valence-corrected chi connectivity index (χ3v) is 4.11. The van der Waals surface area contributed by atoms with Gasteiger partial charge < -0.3 is 10.2 Å². The van der Waals surface area contributed by atoms with Gasteiger partial charge in [-0.2, -0.15) is 0 Å². The third-order valence-electron chi connectivity index (χ3n) is 3.08. The number of hydrogen-bond acceptors (Lipinski definition) is 4. The quantitative estimate of drug-likeness (QED) is 0.880. The molecular weight excluding hydrogens is 230 g/mol. The van der Waals surface area contributed by atoms with Gasteiger partial charge in [-0.3, -0.25) is 0 Å². The Hall–Kier alpha value is -1.55. The van der Waals surface area contributed by atoms with E-state index in [0.29, 0.717) is 0 Å². The summed E-state index contributed by atoms with van der Waals surface area (Å²) in [4.78, 5) is 6.66. The van der Waals surface area contributed by atoms with Gasteiger partial charge in [-0.05, 0) is 37.1 Å². The van der Waals surface area contributed by atoms with Crippen molar-refractivity contribution in [3.63, 3.8) is 0 Å². The van der Waals surface area contributed by atoms with E-state index in [4.69, 9.17) is 0 Å². The number of benzene rings is 1. The SMILES string of the molecule is Cc1csc(N(C)c2ccc3c(c2)CCN3)n1. The highest BCUT2D eigenvalue weighted by molar-refractivity contribution is 7.13. The largest absolute Gasteiger partial charge is 0.384 e. The second kappa shape index (κ2) is 4.04. The van der Waals surface area contributed by atoms with Gasteiger partial charge >= 0.3 is 0 Å². The smallest absolute Gasteiger partial charge is 0.189 e. The molecule has 0 spiro atoms. The lowest BCUT2D eigenvalue weighted by Crippen LogP contribution is -2.09. The molecule has 1 aliphatic heterocycles. The van der Waals surface area contributed by atoms with Crippen molar-refractivity contribution in [2.24, 2.45) is 0 Å². The van der Waals surface area contributed by atoms with E-state index in [1.807, 2.05) is 6.92 Å². The lowest BCUT2D eigenvalue weighted by Gasteiger charge is -2.16. The molecular formula is C13H15N3S. The Bertz CT molecular complexity index is 547. The van der Waals surface area contributed by atoms with Crippen LogP contribution in [0.25, 0.3) is 0 Å². The zero-order valence-electron chi connectivity index (χ0n) is 10.0. The normalized spacial score (nSPS) is 13.3. The van der Waals surface area contributed by atoms with E-state index in [2.05, 4.69) is 45.8 Å². The van der Waals surface area contributed by atoms with Crippen LogP contribution < -0.4 is 10.2 Å². The van der Waals surface area contributed by atoms with Gasteiger partial charge in [0.25, 0.3) is 0 Å². The van der Waals surface area contributed by atoms with Gasteiger partial charge in [-0.15, -0.1) is 11.3 Å². The maximum atomic E-state index is 4.51. The Morgan fingerprint density at radius 1 is 1.41 bits per heavy atom. The van der Waals surface area contributed by atoms with E-state index in [-0.39, 0.29) is 0 Å². The van der Waals surface area contributed by atoms with E-state index in [1.165, 1.54) is 16.9 Å². The molecule has 2 aromatic rings. The molecule has 88 valence electrons. The van der Waals surface area contributed by atoms with Crippen LogP contribution in [-0.2, 0) is 6.42 Å². The highest BCUT2D eigenvalue weighted by Crippen LogP contribution is 2.31. The minimum atomic E-state index is 1.05. The summed E-state index contributed by atoms with van der Waals surface area (Å²) in [5, 5.41) is 6.51. The lowest BCUT2D eigenvalue weighted by atomic mass is 10.1. The van der Waals surface area contributed by atoms with Gasteiger partial charge in [0.15, 0.2) is 5.13 Å². The molecule has 0 fully saturated rings. The van der Waals surface area contributed by atoms with Crippen LogP contribution in [0, 0.1) is 6.92 Å². The number of rotatable bonds is 2. The molecule has 0 amide bonds. The molecule has 0 aliphatic carbocycles. The van der Waals surface area contributed by atoms with Crippen LogP contribution in [0.2, 0.25) is 0 Å². The van der Waals surface area contributed by atoms with Crippen molar-refractivity contribution < 1.29 is 0 Å². The standard InChI is InChI=1S/C13H15N3S/c1-9-8-17-13(15-9)16(2)11-3-4-12-10(7-11)5-6-14-12/h3-4,7-8,14H,5-6H2,1-2H3. The molecule has 0 saturated carbocycles. The maximum Gasteiger partial charge on any atom is 0.189 e. The molecule has 0 saturated heterocycles. The fourth-order valence-corrected chi connectivity index (χ4v) is 2.89. The molecule has 4 heteroatoms. The number of aromatic nitrogens is 1. The van der Waals surface area contributed by atoms with Gasteiger partial charge in [-0.25, -0.2) is 4.98 Å². The molecule has 1 aromatic heterocycles. The minimum absolute atomic E-state index is 1.05. The Balaban J connectivity index is 1.94. The van der Waals surface area contributed by atoms with Crippen molar-refractivity contribution in [2.45, 2.75) is 13.3 Å². The zero-order chi connectivity index (χ0) is 11.8. The predicted octanol–water partition coefficient (Wildman–Crippen LogP) is 3.19. The minimum Gasteiger partial charge on any atom is -0.384 e. The molecule has 3 nitrogen and oxygen atoms in total. The summed E-state index contributed by atoms with van der Waals surface area (Å²) in [5.74, 6) is 0. The Morgan fingerprint density at radius 3 is 3.06 bits per heavy atom. The summed E-state index contributed by atoms with van der Waals surface area (Å²) in [5.41, 5.74) is 4.97. The van der Waals surface area contributed by atoms with Gasteiger partial charge in [-0.1, -0.05) is 0 Å². The van der Waals surface area contributed by atoms with E-state index in [9.17, 15) is 0 Å². The van der Waals surface area contributed by atoms with Crippen molar-refractivity contribution in [3.05, 3.63) is 34.8 Å². The predicted molar refractivity (Wildman–Crippen MR) is 73.5 cm³/mol. The van der Waals surface area contributed by atoms with Crippen LogP contribution in [-0.4, -0.2) is 18.6 Å². The molecule has 0 atom stereocenters. The number of nitrogens with one attached hydrogen (secondary N) is 1. The first kappa shape index (κ1) is 10.6. The average molecular weight is 245 g/mol. The summed E-state index contributed by atoms with van der Waals surface area (Å²) >= 11 is 1.68. The summed E-state index contributed by atoms with van der Waals surface area (Å²) < 4.78 is 0. The van der Waals surface area contributed by atoms with Crippen molar-refractivity contribution in [1.29, 1.82) is 0 Å². The van der Waals surface area contributed by atoms with Crippen molar-refractivity contribution in [1.82, 2.24) is 4.98 Å². The first-order chi connectivity index (χ1) is 8.24. The molecule has 0 bridgehead atoms. The monoisotopic (exact) mass is 245 g/mol. The second-order valence-electron chi connectivity index (χ2n) is 4.35. The van der Waals surface area contributed by atoms with E-state index in [1.54, 1.807) is 11.3 Å². The summed E-state index contributed by atoms with van der Waals surface area (Å²) in [6, 6.07) is 6.56. The van der Waals surface area contributed by atoms with Crippen molar-refractivity contribution in [3.8, 4) is 0 Å². The number of aryl methyl sites for hydroxylation is 1. The van der Waals surface area contributed by atoms with Gasteiger partial charge in [0, 0.05) is 30.3 Å². The van der Waals surface area contributed by atoms with Crippen LogP contribution in [0.15, 0.2) is 23.6 Å². The molecule has 1 N–H and O–H groups in total. The molecule has 3 rings (SSSR count). The topological polar surface area (TPSA) is 28.2 Å². The molecule has 0 unspecified atom stereocenters. The molecule has 17 heavy (non-hydrogen) atoms. The maximum absolute atomic E-state index is 4.51. The van der Waals surface area contributed by atoms with Crippen LogP contribution in [0.4, 0.5) is 16.5 Å². The third kappa shape index (κ3) is 1.89. The van der Waals surface area contributed by atoms with Gasteiger partial charge in [0.2, 0.25) is 0 Å². The average Bonchev–Trinajstić information content (AvgIpc) is 2.95. The number of fused-ring (bicyclic) bond motifs is 1. The fourth-order valence-electron chi connectivity index (χ4n) is 2.11. The van der Waals surface area contributed by atoms with Gasteiger partial charge in [0.1, 0.15) is 0 Å². The Kier molecular flexibility index (Phi) is 2.52. The highest BCUT2D eigenvalue weighted by atomic mass is 32.1. The van der Waals surface area contributed by atoms with Gasteiger partial charge in [0.05, 0.1) is 5.69 Å². The number of thiazole rings is 1. The van der Waals surface area contributed by atoms with E-state index in [0.717, 1.165) is 23.8 Å². The van der Waals surface area contributed by atoms with Crippen LogP contribution >= 0.6 is 11.3 Å². The molecule has 0 radical (unpaired) electrons. The number of hydrogen-bond donors (Lipinski definition) is 1. The summed E-state index contributed by atoms with van der Waals surface area (Å²) in [7, 11) is 2.07. The highest BCUT2D eigenvalue weighted by Gasteiger charge is 2.13. The number of nitrogens with zero attached hydrogens (tertiary/aromatic N) is 2. The van der Waals surface area contributed by atoms with E-state index >= 15 is 0 Å². The van der Waals surface area contributed by atoms with Crippen molar-refractivity contribution >= 4 is 27.8 Å². The first-order valence-electron chi connectivity index (χ1n) is 5.77. The molecule has 1 aromatic carbocycles. The Labute approximate surface area is 105 Å². The second-order valence-corrected chi connectivity index (χ2v) is 5.19. The molecule has 2 heterocycles. The molecule has 1 aliphatic rings. The van der Waals surface area contributed by atoms with Crippen molar-refractivity contribution in [2.75, 3.05) is 23.8 Å². The van der Waals surface area contributed by atoms with Crippen LogP contribution in [0.3, 0.4) is 0 Å². The van der Waals surface area contributed by atoms with Crippen LogP contribution in [0.5, 0.6) is 0 Å². The van der Waals surface area contributed by atoms with E-state index < -0.39 is 0 Å². The first-order valence-corrected chi connectivity index (χ1v) is 6.64. The summed E-state index contributed by atoms with van der Waals surface area (Å²) in [6.07, 6.45) is 1.12. The number of anilines is 3. The van der Waals surface area contributed by atoms with Crippen LogP contribution in [0.1, 0.15) is 11.3 Å².